The van der Waals surface area contributed by atoms with Gasteiger partial charge in [-0.05, 0) is 93.6 Å². The minimum atomic E-state index is -0.577. The van der Waals surface area contributed by atoms with Crippen molar-refractivity contribution in [1.29, 1.82) is 0 Å². The molecule has 0 spiro atoms. The summed E-state index contributed by atoms with van der Waals surface area (Å²) in [7, 11) is 1.48. The van der Waals surface area contributed by atoms with Gasteiger partial charge in [0, 0.05) is 9.99 Å². The van der Waals surface area contributed by atoms with E-state index in [9.17, 15) is 9.59 Å². The molecule has 0 unspecified atom stereocenters. The summed E-state index contributed by atoms with van der Waals surface area (Å²) in [6.45, 7) is 1.90. The fraction of sp³-hybridized carbons (Fsp3) is 0.190. The zero-order chi connectivity index (χ0) is 21.8. The summed E-state index contributed by atoms with van der Waals surface area (Å²) in [5, 5.41) is 0.442. The average Bonchev–Trinajstić information content (AvgIpc) is 3.06. The van der Waals surface area contributed by atoms with Crippen LogP contribution in [0, 0.1) is 7.14 Å². The molecule has 0 amide bonds. The number of methoxy groups -OCH3 is 1. The van der Waals surface area contributed by atoms with Gasteiger partial charge in [-0.15, -0.1) is 0 Å². The number of carbonyl (C=O) groups is 2. The number of rotatable bonds is 6. The van der Waals surface area contributed by atoms with Crippen LogP contribution in [-0.4, -0.2) is 24.9 Å². The van der Waals surface area contributed by atoms with E-state index in [1.54, 1.807) is 30.3 Å². The van der Waals surface area contributed by atoms with Crippen molar-refractivity contribution in [3.05, 3.63) is 59.3 Å². The van der Waals surface area contributed by atoms with Crippen molar-refractivity contribution >= 4 is 80.7 Å². The first-order chi connectivity index (χ1) is 14.3. The van der Waals surface area contributed by atoms with Gasteiger partial charge in [-0.25, -0.2) is 9.79 Å². The van der Waals surface area contributed by atoms with Crippen LogP contribution in [0.15, 0.2) is 41.0 Å². The van der Waals surface area contributed by atoms with Crippen LogP contribution in [0.1, 0.15) is 30.9 Å². The van der Waals surface area contributed by atoms with E-state index in [4.69, 9.17) is 25.8 Å². The molecule has 0 aliphatic carbocycles. The zero-order valence-electron chi connectivity index (χ0n) is 16.0. The average molecular weight is 652 g/mol. The van der Waals surface area contributed by atoms with E-state index in [0.717, 1.165) is 3.57 Å². The van der Waals surface area contributed by atoms with E-state index < -0.39 is 5.97 Å². The molecule has 3 rings (SSSR count). The third-order valence-electron chi connectivity index (χ3n) is 4.00. The Morgan fingerprint density at radius 1 is 1.27 bits per heavy atom. The number of carbonyl (C=O) groups excluding carboxylic acids is 2. The second kappa shape index (κ2) is 10.1. The molecule has 6 nitrogen and oxygen atoms in total. The van der Waals surface area contributed by atoms with Gasteiger partial charge in [0.15, 0.2) is 17.2 Å². The first-order valence-electron chi connectivity index (χ1n) is 8.88. The van der Waals surface area contributed by atoms with E-state index in [2.05, 4.69) is 50.2 Å². The topological polar surface area (TPSA) is 74.2 Å². The summed E-state index contributed by atoms with van der Waals surface area (Å²) in [5.41, 5.74) is 1.33. The molecule has 0 fully saturated rings. The highest BCUT2D eigenvalue weighted by atomic mass is 127. The molecule has 0 aromatic heterocycles. The highest BCUT2D eigenvalue weighted by Crippen LogP contribution is 2.35. The van der Waals surface area contributed by atoms with Gasteiger partial charge in [0.05, 0.1) is 21.3 Å². The lowest BCUT2D eigenvalue weighted by molar-refractivity contribution is -0.134. The summed E-state index contributed by atoms with van der Waals surface area (Å²) in [5.74, 6) is -0.0198. The lowest BCUT2D eigenvalue weighted by Gasteiger charge is -2.12. The maximum absolute atomic E-state index is 12.3. The molecule has 1 aliphatic heterocycles. The van der Waals surface area contributed by atoms with Crippen molar-refractivity contribution in [2.75, 3.05) is 7.11 Å². The third kappa shape index (κ3) is 5.33. The minimum Gasteiger partial charge on any atom is -0.493 e. The van der Waals surface area contributed by atoms with E-state index in [1.165, 1.54) is 7.11 Å². The van der Waals surface area contributed by atoms with Crippen molar-refractivity contribution in [3.63, 3.8) is 0 Å². The molecule has 9 heteroatoms. The maximum atomic E-state index is 12.3. The lowest BCUT2D eigenvalue weighted by Crippen LogP contribution is -2.09. The second-order valence-electron chi connectivity index (χ2n) is 6.22. The Hall–Kier alpha value is -1.66. The van der Waals surface area contributed by atoms with Crippen molar-refractivity contribution in [2.45, 2.75) is 19.8 Å². The molecule has 30 heavy (non-hydrogen) atoms. The first kappa shape index (κ1) is 23.0. The van der Waals surface area contributed by atoms with Gasteiger partial charge in [-0.2, -0.15) is 0 Å². The number of halogens is 3. The predicted octanol–water partition coefficient (Wildman–Crippen LogP) is 5.61. The molecular formula is C21H16ClI2NO5. The molecule has 0 bridgehead atoms. The van der Waals surface area contributed by atoms with Gasteiger partial charge in [-0.3, -0.25) is 4.79 Å². The quantitative estimate of drug-likeness (QED) is 0.176. The van der Waals surface area contributed by atoms with Crippen LogP contribution in [-0.2, 0) is 14.3 Å². The normalized spacial score (nSPS) is 14.5. The van der Waals surface area contributed by atoms with Gasteiger partial charge in [0.2, 0.25) is 5.90 Å². The summed E-state index contributed by atoms with van der Waals surface area (Å²) in [4.78, 5) is 28.5. The van der Waals surface area contributed by atoms with E-state index >= 15 is 0 Å². The Labute approximate surface area is 205 Å². The van der Waals surface area contributed by atoms with E-state index in [-0.39, 0.29) is 17.6 Å². The fourth-order valence-electron chi connectivity index (χ4n) is 2.63. The van der Waals surface area contributed by atoms with Crippen LogP contribution in [0.25, 0.3) is 6.08 Å². The van der Waals surface area contributed by atoms with Crippen LogP contribution in [0.2, 0.25) is 5.02 Å². The molecule has 0 radical (unpaired) electrons. The van der Waals surface area contributed by atoms with Gasteiger partial charge in [-0.1, -0.05) is 18.5 Å². The number of aliphatic imine (C=N–C) groups is 1. The molecule has 1 heterocycles. The van der Waals surface area contributed by atoms with Gasteiger partial charge in [0.1, 0.15) is 0 Å². The summed E-state index contributed by atoms with van der Waals surface area (Å²) in [6.07, 6.45) is 2.59. The number of nitrogens with zero attached hydrogens (tertiary/aromatic N) is 1. The number of benzene rings is 2. The van der Waals surface area contributed by atoms with Gasteiger partial charge < -0.3 is 14.2 Å². The van der Waals surface area contributed by atoms with Gasteiger partial charge >= 0.3 is 11.9 Å². The molecule has 2 aromatic rings. The fourth-order valence-corrected chi connectivity index (χ4v) is 4.06. The Bertz CT molecular complexity index is 1080. The first-order valence-corrected chi connectivity index (χ1v) is 11.4. The van der Waals surface area contributed by atoms with Crippen molar-refractivity contribution in [1.82, 2.24) is 0 Å². The standard InChI is InChI=1S/C21H16ClI2NO5/c1-3-4-18(26)29-19-15(24)7-11(9-17(19)28-2)8-16-21(27)30-20(25-16)13-10-12(23)5-6-14(13)22/h5-10H,3-4H2,1-2H3/b16-8-. The summed E-state index contributed by atoms with van der Waals surface area (Å²) < 4.78 is 17.7. The van der Waals surface area contributed by atoms with Crippen LogP contribution in [0.4, 0.5) is 0 Å². The van der Waals surface area contributed by atoms with E-state index in [1.807, 2.05) is 13.0 Å². The molecule has 0 atom stereocenters. The number of cyclic esters (lactones) is 1. The molecule has 156 valence electrons. The van der Waals surface area contributed by atoms with Crippen molar-refractivity contribution in [2.24, 2.45) is 4.99 Å². The van der Waals surface area contributed by atoms with Crippen molar-refractivity contribution < 1.29 is 23.8 Å². The molecule has 2 aromatic carbocycles. The number of hydrogen-bond donors (Lipinski definition) is 0. The number of ether oxygens (including phenoxy) is 3. The highest BCUT2D eigenvalue weighted by Gasteiger charge is 2.26. The second-order valence-corrected chi connectivity index (χ2v) is 9.03. The molecule has 0 saturated carbocycles. The van der Waals surface area contributed by atoms with Crippen LogP contribution in [0.3, 0.4) is 0 Å². The molecule has 0 N–H and O–H groups in total. The highest BCUT2D eigenvalue weighted by molar-refractivity contribution is 14.1. The van der Waals surface area contributed by atoms with Gasteiger partial charge in [0.25, 0.3) is 0 Å². The number of hydrogen-bond acceptors (Lipinski definition) is 6. The smallest absolute Gasteiger partial charge is 0.363 e. The third-order valence-corrected chi connectivity index (χ3v) is 5.81. The summed E-state index contributed by atoms with van der Waals surface area (Å²) in [6, 6.07) is 8.81. The van der Waals surface area contributed by atoms with E-state index in [0.29, 0.717) is 44.1 Å². The minimum absolute atomic E-state index is 0.133. The predicted molar refractivity (Wildman–Crippen MR) is 131 cm³/mol. The Kier molecular flexibility index (Phi) is 7.75. The Balaban J connectivity index is 1.95. The molecule has 1 aliphatic rings. The molecule has 0 saturated heterocycles. The van der Waals surface area contributed by atoms with Crippen LogP contribution in [0.5, 0.6) is 11.5 Å². The zero-order valence-corrected chi connectivity index (χ0v) is 21.1. The lowest BCUT2D eigenvalue weighted by atomic mass is 10.1. The van der Waals surface area contributed by atoms with Crippen LogP contribution < -0.4 is 9.47 Å². The Morgan fingerprint density at radius 2 is 2.03 bits per heavy atom. The monoisotopic (exact) mass is 651 g/mol. The number of esters is 2. The SMILES string of the molecule is CCCC(=O)Oc1c(I)cc(/C=C2\N=C(c3cc(I)ccc3Cl)OC2=O)cc1OC. The summed E-state index contributed by atoms with van der Waals surface area (Å²) >= 11 is 10.4. The Morgan fingerprint density at radius 3 is 2.73 bits per heavy atom. The molecular weight excluding hydrogens is 635 g/mol. The van der Waals surface area contributed by atoms with Crippen molar-refractivity contribution in [3.8, 4) is 11.5 Å². The van der Waals surface area contributed by atoms with Crippen LogP contribution >= 0.6 is 56.8 Å². The largest absolute Gasteiger partial charge is 0.493 e. The maximum Gasteiger partial charge on any atom is 0.363 e.